The Morgan fingerprint density at radius 2 is 1.72 bits per heavy atom. The summed E-state index contributed by atoms with van der Waals surface area (Å²) >= 11 is 0. The first-order valence-electron chi connectivity index (χ1n) is 6.31. The minimum atomic E-state index is -2.60. The Morgan fingerprint density at radius 1 is 1.11 bits per heavy atom. The summed E-state index contributed by atoms with van der Waals surface area (Å²) in [5.41, 5.74) is 1.02. The second kappa shape index (κ2) is 7.31. The van der Waals surface area contributed by atoms with E-state index in [1.54, 1.807) is 0 Å². The van der Waals surface area contributed by atoms with E-state index in [1.807, 2.05) is 35.2 Å². The number of benzene rings is 1. The monoisotopic (exact) mass is 257 g/mol. The largest absolute Gasteiger partial charge is 0.396 e. The molecule has 0 atom stereocenters. The quantitative estimate of drug-likeness (QED) is 0.772. The van der Waals surface area contributed by atoms with Gasteiger partial charge in [-0.15, -0.1) is 0 Å². The maximum Gasteiger partial charge on any atom is 0.245 e. The maximum atomic E-state index is 12.8. The molecule has 0 fully saturated rings. The van der Waals surface area contributed by atoms with Crippen molar-refractivity contribution < 1.29 is 13.9 Å². The fraction of sp³-hybridized carbons (Fsp3) is 0.571. The Bertz CT molecular complexity index is 324. The molecule has 2 nitrogen and oxygen atoms in total. The van der Waals surface area contributed by atoms with Gasteiger partial charge in [0.25, 0.3) is 0 Å². The van der Waals surface area contributed by atoms with Gasteiger partial charge >= 0.3 is 0 Å². The van der Waals surface area contributed by atoms with Gasteiger partial charge in [0.2, 0.25) is 5.92 Å². The van der Waals surface area contributed by atoms with Crippen molar-refractivity contribution in [2.75, 3.05) is 24.6 Å². The summed E-state index contributed by atoms with van der Waals surface area (Å²) < 4.78 is 25.5. The summed E-state index contributed by atoms with van der Waals surface area (Å²) in [7, 11) is 0. The number of hydrogen-bond donors (Lipinski definition) is 1. The molecule has 0 spiro atoms. The van der Waals surface area contributed by atoms with Crippen molar-refractivity contribution in [3.63, 3.8) is 0 Å². The second-order valence-corrected chi connectivity index (χ2v) is 4.57. The number of hydrogen-bond acceptors (Lipinski definition) is 2. The van der Waals surface area contributed by atoms with E-state index in [4.69, 9.17) is 5.11 Å². The highest BCUT2D eigenvalue weighted by Gasteiger charge is 2.20. The Hall–Kier alpha value is -1.16. The van der Waals surface area contributed by atoms with Crippen LogP contribution in [-0.2, 0) is 0 Å². The van der Waals surface area contributed by atoms with E-state index in [9.17, 15) is 8.78 Å². The first-order valence-corrected chi connectivity index (χ1v) is 6.31. The predicted octanol–water partition coefficient (Wildman–Crippen LogP) is 3.31. The topological polar surface area (TPSA) is 23.5 Å². The standard InChI is InChI=1S/C14H21F2NO/c1-14(15,16)9-5-10-17(11-6-12-18)13-7-3-2-4-8-13/h2-4,7-8,18H,5-6,9-12H2,1H3. The molecule has 0 saturated heterocycles. The summed E-state index contributed by atoms with van der Waals surface area (Å²) in [6, 6.07) is 9.70. The molecule has 0 unspecified atom stereocenters. The average molecular weight is 257 g/mol. The molecule has 1 aromatic rings. The van der Waals surface area contributed by atoms with Crippen molar-refractivity contribution in [2.24, 2.45) is 0 Å². The zero-order valence-corrected chi connectivity index (χ0v) is 10.8. The van der Waals surface area contributed by atoms with Gasteiger partial charge in [-0.3, -0.25) is 0 Å². The molecule has 102 valence electrons. The van der Waals surface area contributed by atoms with Crippen molar-refractivity contribution in [2.45, 2.75) is 32.1 Å². The van der Waals surface area contributed by atoms with Crippen molar-refractivity contribution in [3.8, 4) is 0 Å². The highest BCUT2D eigenvalue weighted by atomic mass is 19.3. The fourth-order valence-corrected chi connectivity index (χ4v) is 1.85. The summed E-state index contributed by atoms with van der Waals surface area (Å²) in [4.78, 5) is 2.04. The third-order valence-corrected chi connectivity index (χ3v) is 2.75. The van der Waals surface area contributed by atoms with Crippen LogP contribution < -0.4 is 4.90 Å². The lowest BCUT2D eigenvalue weighted by molar-refractivity contribution is 0.0115. The van der Waals surface area contributed by atoms with E-state index < -0.39 is 5.92 Å². The van der Waals surface area contributed by atoms with E-state index in [1.165, 1.54) is 0 Å². The fourth-order valence-electron chi connectivity index (χ4n) is 1.85. The maximum absolute atomic E-state index is 12.8. The molecule has 0 bridgehead atoms. The number of anilines is 1. The van der Waals surface area contributed by atoms with E-state index in [2.05, 4.69) is 0 Å². The summed E-state index contributed by atoms with van der Waals surface area (Å²) in [5.74, 6) is -2.60. The Balaban J connectivity index is 2.51. The zero-order valence-electron chi connectivity index (χ0n) is 10.8. The van der Waals surface area contributed by atoms with Gasteiger partial charge in [-0.25, -0.2) is 8.78 Å². The summed E-state index contributed by atoms with van der Waals surface area (Å²) in [6.45, 7) is 2.35. The average Bonchev–Trinajstić information content (AvgIpc) is 2.33. The van der Waals surface area contributed by atoms with E-state index in [-0.39, 0.29) is 13.0 Å². The van der Waals surface area contributed by atoms with Gasteiger partial charge < -0.3 is 10.0 Å². The SMILES string of the molecule is CC(F)(F)CCCN(CCCO)c1ccccc1. The van der Waals surface area contributed by atoms with Crippen LogP contribution in [0.25, 0.3) is 0 Å². The number of halogens is 2. The number of para-hydroxylation sites is 1. The molecule has 0 radical (unpaired) electrons. The van der Waals surface area contributed by atoms with Crippen LogP contribution in [0, 0.1) is 0 Å². The molecule has 4 heteroatoms. The molecule has 1 aromatic carbocycles. The predicted molar refractivity (Wildman–Crippen MR) is 70.2 cm³/mol. The molecule has 0 aromatic heterocycles. The number of nitrogens with zero attached hydrogens (tertiary/aromatic N) is 1. The van der Waals surface area contributed by atoms with Crippen LogP contribution in [0.1, 0.15) is 26.2 Å². The molecular formula is C14H21F2NO. The molecule has 1 N–H and O–H groups in total. The molecule has 0 saturated carbocycles. The first-order chi connectivity index (χ1) is 8.53. The second-order valence-electron chi connectivity index (χ2n) is 4.57. The van der Waals surface area contributed by atoms with Crippen LogP contribution in [0.3, 0.4) is 0 Å². The molecule has 0 aliphatic carbocycles. The van der Waals surface area contributed by atoms with Crippen LogP contribution >= 0.6 is 0 Å². The number of aliphatic hydroxyl groups is 1. The van der Waals surface area contributed by atoms with Crippen molar-refractivity contribution in [1.82, 2.24) is 0 Å². The normalized spacial score (nSPS) is 11.6. The molecule has 18 heavy (non-hydrogen) atoms. The molecule has 0 aliphatic heterocycles. The van der Waals surface area contributed by atoms with Gasteiger partial charge in [-0.1, -0.05) is 18.2 Å². The molecule has 0 amide bonds. The van der Waals surface area contributed by atoms with Crippen LogP contribution in [0.15, 0.2) is 30.3 Å². The third kappa shape index (κ3) is 5.96. The van der Waals surface area contributed by atoms with Gasteiger partial charge in [0, 0.05) is 31.8 Å². The lowest BCUT2D eigenvalue weighted by Gasteiger charge is -2.25. The van der Waals surface area contributed by atoms with Crippen LogP contribution in [0.2, 0.25) is 0 Å². The van der Waals surface area contributed by atoms with Gasteiger partial charge in [0.1, 0.15) is 0 Å². The lowest BCUT2D eigenvalue weighted by Crippen LogP contribution is -2.27. The number of rotatable bonds is 8. The summed E-state index contributed by atoms with van der Waals surface area (Å²) in [6.07, 6.45) is 0.997. The third-order valence-electron chi connectivity index (χ3n) is 2.75. The lowest BCUT2D eigenvalue weighted by atomic mass is 10.2. The summed E-state index contributed by atoms with van der Waals surface area (Å²) in [5, 5.41) is 8.87. The van der Waals surface area contributed by atoms with Crippen molar-refractivity contribution >= 4 is 5.69 Å². The zero-order chi connectivity index (χ0) is 13.4. The van der Waals surface area contributed by atoms with E-state index in [0.717, 1.165) is 12.6 Å². The Morgan fingerprint density at radius 3 is 2.28 bits per heavy atom. The van der Waals surface area contributed by atoms with Crippen LogP contribution in [-0.4, -0.2) is 30.7 Å². The van der Waals surface area contributed by atoms with Gasteiger partial charge in [-0.05, 0) is 31.9 Å². The molecular weight excluding hydrogens is 236 g/mol. The molecule has 0 aliphatic rings. The first kappa shape index (κ1) is 14.9. The molecule has 1 rings (SSSR count). The van der Waals surface area contributed by atoms with Gasteiger partial charge in [-0.2, -0.15) is 0 Å². The number of aliphatic hydroxyl groups excluding tert-OH is 1. The van der Waals surface area contributed by atoms with Crippen molar-refractivity contribution in [3.05, 3.63) is 30.3 Å². The smallest absolute Gasteiger partial charge is 0.245 e. The van der Waals surface area contributed by atoms with Crippen LogP contribution in [0.5, 0.6) is 0 Å². The molecule has 0 heterocycles. The van der Waals surface area contributed by atoms with E-state index in [0.29, 0.717) is 25.9 Å². The number of alkyl halides is 2. The van der Waals surface area contributed by atoms with Gasteiger partial charge in [0.05, 0.1) is 0 Å². The minimum absolute atomic E-state index is 0.102. The minimum Gasteiger partial charge on any atom is -0.396 e. The Kier molecular flexibility index (Phi) is 6.05. The van der Waals surface area contributed by atoms with Crippen molar-refractivity contribution in [1.29, 1.82) is 0 Å². The van der Waals surface area contributed by atoms with Gasteiger partial charge in [0.15, 0.2) is 0 Å². The highest BCUT2D eigenvalue weighted by molar-refractivity contribution is 5.45. The van der Waals surface area contributed by atoms with E-state index >= 15 is 0 Å². The Labute approximate surface area is 107 Å². The highest BCUT2D eigenvalue weighted by Crippen LogP contribution is 2.20. The van der Waals surface area contributed by atoms with Crippen LogP contribution in [0.4, 0.5) is 14.5 Å².